The fourth-order valence-electron chi connectivity index (χ4n) is 10.4. The number of esters is 1. The van der Waals surface area contributed by atoms with E-state index in [4.69, 9.17) is 13.8 Å². The van der Waals surface area contributed by atoms with Crippen LogP contribution < -0.4 is 10.2 Å². The van der Waals surface area contributed by atoms with Crippen molar-refractivity contribution in [1.29, 1.82) is 0 Å². The van der Waals surface area contributed by atoms with Gasteiger partial charge in [0.05, 0.1) is 33.8 Å². The quantitative estimate of drug-likeness (QED) is 0.0212. The fourth-order valence-corrected chi connectivity index (χ4v) is 11.1. The molecular formula is C77H139N2O7P. The van der Waals surface area contributed by atoms with E-state index in [1.54, 1.807) is 0 Å². The van der Waals surface area contributed by atoms with Gasteiger partial charge in [-0.25, -0.2) is 0 Å². The van der Waals surface area contributed by atoms with E-state index < -0.39 is 26.6 Å². The molecule has 504 valence electrons. The number of carbonyl (C=O) groups excluding carboxylic acids is 2. The van der Waals surface area contributed by atoms with E-state index in [1.807, 2.05) is 33.3 Å². The largest absolute Gasteiger partial charge is 0.756 e. The molecule has 0 rings (SSSR count). The molecule has 3 atom stereocenters. The van der Waals surface area contributed by atoms with Crippen molar-refractivity contribution in [1.82, 2.24) is 5.32 Å². The summed E-state index contributed by atoms with van der Waals surface area (Å²) < 4.78 is 30.4. The molecule has 87 heavy (non-hydrogen) atoms. The van der Waals surface area contributed by atoms with Gasteiger partial charge in [-0.2, -0.15) is 0 Å². The molecule has 0 spiro atoms. The second-order valence-electron chi connectivity index (χ2n) is 25.7. The average molecular weight is 1240 g/mol. The molecule has 0 aliphatic rings. The molecular weight excluding hydrogens is 1100 g/mol. The molecule has 0 fully saturated rings. The standard InChI is InChI=1S/C77H139N2O7P/c1-7-10-13-16-19-22-25-27-29-31-33-35-37-38-39-40-42-44-46-48-50-52-55-58-61-64-67-70-77(81)86-75(68-65-62-59-56-53-24-21-18-15-12-9-3)74(73-85-87(82,83)84-72-71-79(4,5)6)78-76(80)69-66-63-60-57-54-51-49-47-45-43-41-36-34-32-30-28-26-23-20-17-14-11-8-2/h10,13,19,22,27-30,33,35,38-39,42,44,65,68,74-75H,7-9,11-12,14-18,20-21,23-26,31-32,34,36-37,40-41,43,45-64,66-67,69-73H2,1-6H3,(H-,78,80,82,83)/b13-10-,22-19-,29-27-,30-28+,35-33-,39-38-,44-42-,68-65+. The maximum absolute atomic E-state index is 13.6. The van der Waals surface area contributed by atoms with Crippen LogP contribution in [0.25, 0.3) is 0 Å². The van der Waals surface area contributed by atoms with Crippen molar-refractivity contribution in [2.24, 2.45) is 0 Å². The molecule has 0 aromatic carbocycles. The second kappa shape index (κ2) is 65.9. The van der Waals surface area contributed by atoms with Crippen LogP contribution in [0.3, 0.4) is 0 Å². The van der Waals surface area contributed by atoms with Gasteiger partial charge < -0.3 is 28.5 Å². The lowest BCUT2D eigenvalue weighted by molar-refractivity contribution is -0.870. The minimum atomic E-state index is -4.71. The number of amides is 1. The summed E-state index contributed by atoms with van der Waals surface area (Å²) in [7, 11) is 1.18. The molecule has 0 radical (unpaired) electrons. The summed E-state index contributed by atoms with van der Waals surface area (Å²) in [6.07, 6.45) is 89.6. The van der Waals surface area contributed by atoms with E-state index in [1.165, 1.54) is 186 Å². The van der Waals surface area contributed by atoms with Crippen LogP contribution >= 0.6 is 7.82 Å². The van der Waals surface area contributed by atoms with Gasteiger partial charge in [0, 0.05) is 12.8 Å². The van der Waals surface area contributed by atoms with E-state index >= 15 is 0 Å². The molecule has 0 saturated heterocycles. The van der Waals surface area contributed by atoms with Crippen molar-refractivity contribution in [3.8, 4) is 0 Å². The van der Waals surface area contributed by atoms with E-state index in [-0.39, 0.29) is 24.9 Å². The Morgan fingerprint density at radius 2 is 0.736 bits per heavy atom. The number of unbranched alkanes of at least 4 members (excludes halogenated alkanes) is 36. The summed E-state index contributed by atoms with van der Waals surface area (Å²) >= 11 is 0. The summed E-state index contributed by atoms with van der Waals surface area (Å²) in [5.41, 5.74) is 0. The summed E-state index contributed by atoms with van der Waals surface area (Å²) in [5, 5.41) is 3.04. The van der Waals surface area contributed by atoms with E-state index in [2.05, 4.69) is 111 Å². The monoisotopic (exact) mass is 1240 g/mol. The summed E-state index contributed by atoms with van der Waals surface area (Å²) in [6.45, 7) is 6.74. The fraction of sp³-hybridized carbons (Fsp3) is 0.766. The van der Waals surface area contributed by atoms with Gasteiger partial charge in [0.1, 0.15) is 19.3 Å². The number of rotatable bonds is 66. The van der Waals surface area contributed by atoms with Gasteiger partial charge in [-0.15, -0.1) is 0 Å². The minimum Gasteiger partial charge on any atom is -0.756 e. The Morgan fingerprint density at radius 1 is 0.414 bits per heavy atom. The molecule has 0 heterocycles. The van der Waals surface area contributed by atoms with Gasteiger partial charge >= 0.3 is 5.97 Å². The third-order valence-corrected chi connectivity index (χ3v) is 17.0. The molecule has 1 N–H and O–H groups in total. The molecule has 3 unspecified atom stereocenters. The maximum Gasteiger partial charge on any atom is 0.306 e. The van der Waals surface area contributed by atoms with Crippen LogP contribution in [0.5, 0.6) is 0 Å². The third-order valence-electron chi connectivity index (χ3n) is 16.0. The normalized spacial score (nSPS) is 14.1. The molecule has 0 bridgehead atoms. The van der Waals surface area contributed by atoms with Crippen LogP contribution in [-0.2, 0) is 27.9 Å². The lowest BCUT2D eigenvalue weighted by Crippen LogP contribution is -2.47. The number of ether oxygens (including phenoxy) is 1. The highest BCUT2D eigenvalue weighted by molar-refractivity contribution is 7.45. The molecule has 0 aromatic rings. The smallest absolute Gasteiger partial charge is 0.306 e. The second-order valence-corrected chi connectivity index (χ2v) is 27.1. The van der Waals surface area contributed by atoms with Crippen molar-refractivity contribution >= 4 is 19.7 Å². The number of phosphoric ester groups is 1. The Bertz CT molecular complexity index is 1810. The number of nitrogens with one attached hydrogen (secondary N) is 1. The van der Waals surface area contributed by atoms with Crippen LogP contribution in [0.2, 0.25) is 0 Å². The van der Waals surface area contributed by atoms with Gasteiger partial charge in [-0.3, -0.25) is 14.2 Å². The van der Waals surface area contributed by atoms with Gasteiger partial charge in [0.15, 0.2) is 0 Å². The highest BCUT2D eigenvalue weighted by atomic mass is 31.2. The number of carbonyl (C=O) groups is 2. The Labute approximate surface area is 538 Å². The van der Waals surface area contributed by atoms with Gasteiger partial charge in [-0.1, -0.05) is 305 Å². The van der Waals surface area contributed by atoms with Gasteiger partial charge in [0.2, 0.25) is 5.91 Å². The lowest BCUT2D eigenvalue weighted by Gasteiger charge is -2.30. The zero-order chi connectivity index (χ0) is 63.5. The zero-order valence-corrected chi connectivity index (χ0v) is 58.6. The Kier molecular flexibility index (Phi) is 63.5. The SMILES string of the molecule is CC/C=C\C/C=C\C/C=C\C/C=C\C/C=C\C/C=C\CCCCCCCCCCC(=O)OC(/C=C/CCCCCCCCCCC)C(COP(=O)([O-])OCC[N+](C)(C)C)NC(=O)CCCCCCCCCCCCCCC/C=C/CCCCCCCC. The summed E-state index contributed by atoms with van der Waals surface area (Å²) in [5.74, 6) is -0.545. The first-order valence-electron chi connectivity index (χ1n) is 36.5. The number of allylic oxidation sites excluding steroid dienone is 15. The predicted octanol–water partition coefficient (Wildman–Crippen LogP) is 22.8. The number of quaternary nitrogens is 1. The molecule has 0 aliphatic heterocycles. The van der Waals surface area contributed by atoms with Crippen LogP contribution in [0.4, 0.5) is 0 Å². The number of likely N-dealkylation sites (N-methyl/N-ethyl adjacent to an activating group) is 1. The Hall–Kier alpha value is -3.07. The molecule has 1 amide bonds. The third kappa shape index (κ3) is 67.2. The number of hydrogen-bond acceptors (Lipinski definition) is 7. The summed E-state index contributed by atoms with van der Waals surface area (Å²) in [4.78, 5) is 40.2. The topological polar surface area (TPSA) is 114 Å². The van der Waals surface area contributed by atoms with Crippen molar-refractivity contribution in [3.63, 3.8) is 0 Å². The first-order chi connectivity index (χ1) is 42.4. The summed E-state index contributed by atoms with van der Waals surface area (Å²) in [6, 6.07) is -0.897. The number of nitrogens with zero attached hydrogens (tertiary/aromatic N) is 1. The predicted molar refractivity (Wildman–Crippen MR) is 376 cm³/mol. The molecule has 0 aliphatic carbocycles. The highest BCUT2D eigenvalue weighted by Gasteiger charge is 2.27. The number of hydrogen-bond donors (Lipinski definition) is 1. The highest BCUT2D eigenvalue weighted by Crippen LogP contribution is 2.38. The van der Waals surface area contributed by atoms with Crippen LogP contribution in [0.1, 0.15) is 329 Å². The Balaban J connectivity index is 5.01. The molecule has 0 aromatic heterocycles. The maximum atomic E-state index is 13.6. The van der Waals surface area contributed by atoms with Crippen molar-refractivity contribution in [2.45, 2.75) is 341 Å². The first-order valence-corrected chi connectivity index (χ1v) is 38.0. The van der Waals surface area contributed by atoms with Gasteiger partial charge in [-0.05, 0) is 109 Å². The Morgan fingerprint density at radius 3 is 1.11 bits per heavy atom. The molecule has 0 saturated carbocycles. The van der Waals surface area contributed by atoms with Crippen LogP contribution in [0.15, 0.2) is 97.2 Å². The number of phosphoric acid groups is 1. The van der Waals surface area contributed by atoms with E-state index in [0.717, 1.165) is 109 Å². The first kappa shape index (κ1) is 83.9. The van der Waals surface area contributed by atoms with Crippen molar-refractivity contribution < 1.29 is 37.3 Å². The van der Waals surface area contributed by atoms with Crippen molar-refractivity contribution in [2.75, 3.05) is 40.9 Å². The van der Waals surface area contributed by atoms with Crippen LogP contribution in [-0.4, -0.2) is 69.4 Å². The van der Waals surface area contributed by atoms with Crippen molar-refractivity contribution in [3.05, 3.63) is 97.2 Å². The van der Waals surface area contributed by atoms with E-state index in [9.17, 15) is 19.0 Å². The zero-order valence-electron chi connectivity index (χ0n) is 57.7. The lowest BCUT2D eigenvalue weighted by atomic mass is 10.0. The van der Waals surface area contributed by atoms with Crippen LogP contribution in [0, 0.1) is 0 Å². The minimum absolute atomic E-state index is 0.0265. The molecule has 9 nitrogen and oxygen atoms in total. The average Bonchev–Trinajstić information content (AvgIpc) is 3.70. The molecule has 10 heteroatoms. The van der Waals surface area contributed by atoms with Gasteiger partial charge in [0.25, 0.3) is 7.82 Å². The van der Waals surface area contributed by atoms with E-state index in [0.29, 0.717) is 17.4 Å².